The van der Waals surface area contributed by atoms with Crippen molar-refractivity contribution < 1.29 is 9.90 Å². The lowest BCUT2D eigenvalue weighted by molar-refractivity contribution is -0.134. The quantitative estimate of drug-likeness (QED) is 0.896. The number of benzene rings is 1. The van der Waals surface area contributed by atoms with Crippen molar-refractivity contribution in [1.29, 1.82) is 0 Å². The minimum atomic E-state index is -0.500. The maximum atomic E-state index is 11.8. The highest BCUT2D eigenvalue weighted by molar-refractivity contribution is 6.30. The van der Waals surface area contributed by atoms with E-state index in [0.717, 1.165) is 18.4 Å². The molecule has 4 nitrogen and oxygen atoms in total. The molecule has 1 aliphatic heterocycles. The van der Waals surface area contributed by atoms with E-state index in [4.69, 9.17) is 17.3 Å². The lowest BCUT2D eigenvalue weighted by Gasteiger charge is -2.35. The van der Waals surface area contributed by atoms with Crippen molar-refractivity contribution in [1.82, 2.24) is 4.90 Å². The Morgan fingerprint density at radius 3 is 2.40 bits per heavy atom. The van der Waals surface area contributed by atoms with E-state index in [1.54, 1.807) is 24.0 Å². The number of aliphatic hydroxyl groups is 1. The van der Waals surface area contributed by atoms with E-state index in [0.29, 0.717) is 18.1 Å². The fourth-order valence-electron chi connectivity index (χ4n) is 2.66. The number of carbonyl (C=O) groups is 1. The molecule has 20 heavy (non-hydrogen) atoms. The topological polar surface area (TPSA) is 66.6 Å². The smallest absolute Gasteiger partial charge is 0.239 e. The third-order valence-electron chi connectivity index (χ3n) is 3.90. The van der Waals surface area contributed by atoms with Gasteiger partial charge in [0, 0.05) is 18.1 Å². The first kappa shape index (κ1) is 15.3. The van der Waals surface area contributed by atoms with Crippen LogP contribution in [0.4, 0.5) is 0 Å². The van der Waals surface area contributed by atoms with Crippen LogP contribution in [0.25, 0.3) is 0 Å². The van der Waals surface area contributed by atoms with Crippen LogP contribution in [0.3, 0.4) is 0 Å². The van der Waals surface area contributed by atoms with E-state index < -0.39 is 12.1 Å². The molecule has 1 fully saturated rings. The first-order valence-electron chi connectivity index (χ1n) is 6.97. The largest absolute Gasteiger partial charge is 0.388 e. The number of likely N-dealkylation sites (tertiary alicyclic amines) is 1. The fraction of sp³-hybridized carbons (Fsp3) is 0.533. The van der Waals surface area contributed by atoms with Gasteiger partial charge in [-0.3, -0.25) is 4.79 Å². The molecule has 5 heteroatoms. The predicted molar refractivity (Wildman–Crippen MR) is 79.4 cm³/mol. The molecule has 1 unspecified atom stereocenters. The van der Waals surface area contributed by atoms with Crippen LogP contribution >= 0.6 is 11.6 Å². The molecule has 1 heterocycles. The zero-order chi connectivity index (χ0) is 14.7. The number of halogens is 1. The van der Waals surface area contributed by atoms with E-state index in [1.807, 2.05) is 12.1 Å². The maximum Gasteiger partial charge on any atom is 0.239 e. The monoisotopic (exact) mass is 296 g/mol. The summed E-state index contributed by atoms with van der Waals surface area (Å²) in [7, 11) is 0. The summed E-state index contributed by atoms with van der Waals surface area (Å²) < 4.78 is 0. The van der Waals surface area contributed by atoms with E-state index in [-0.39, 0.29) is 11.8 Å². The Balaban J connectivity index is 1.93. The van der Waals surface area contributed by atoms with Crippen LogP contribution in [0.5, 0.6) is 0 Å². The first-order valence-corrected chi connectivity index (χ1v) is 7.34. The fourth-order valence-corrected chi connectivity index (χ4v) is 2.78. The Labute approximate surface area is 124 Å². The van der Waals surface area contributed by atoms with Crippen molar-refractivity contribution in [3.8, 4) is 0 Å². The van der Waals surface area contributed by atoms with Crippen LogP contribution in [-0.2, 0) is 4.79 Å². The van der Waals surface area contributed by atoms with Crippen LogP contribution < -0.4 is 5.73 Å². The van der Waals surface area contributed by atoms with Crippen LogP contribution in [0.1, 0.15) is 31.4 Å². The van der Waals surface area contributed by atoms with Crippen LogP contribution in [0, 0.1) is 5.92 Å². The number of piperidine rings is 1. The Kier molecular flexibility index (Phi) is 5.02. The molecule has 0 aromatic heterocycles. The molecule has 0 saturated carbocycles. The van der Waals surface area contributed by atoms with Crippen molar-refractivity contribution in [2.45, 2.75) is 31.9 Å². The summed E-state index contributed by atoms with van der Waals surface area (Å²) in [6.07, 6.45) is 1.09. The Hall–Kier alpha value is -1.10. The van der Waals surface area contributed by atoms with Crippen molar-refractivity contribution in [3.63, 3.8) is 0 Å². The van der Waals surface area contributed by atoms with Gasteiger partial charge < -0.3 is 15.7 Å². The Morgan fingerprint density at radius 1 is 1.35 bits per heavy atom. The van der Waals surface area contributed by atoms with E-state index in [9.17, 15) is 9.90 Å². The SMILES string of the molecule is C[C@@H](N)C(=O)N1CCC(C(O)c2ccc(Cl)cc2)CC1. The van der Waals surface area contributed by atoms with E-state index >= 15 is 0 Å². The molecular weight excluding hydrogens is 276 g/mol. The third kappa shape index (κ3) is 3.51. The van der Waals surface area contributed by atoms with Gasteiger partial charge in [0.15, 0.2) is 0 Å². The van der Waals surface area contributed by atoms with Crippen LogP contribution in [-0.4, -0.2) is 35.0 Å². The number of nitrogens with two attached hydrogens (primary N) is 1. The number of amides is 1. The third-order valence-corrected chi connectivity index (χ3v) is 4.15. The van der Waals surface area contributed by atoms with Gasteiger partial charge in [-0.2, -0.15) is 0 Å². The number of rotatable bonds is 3. The first-order chi connectivity index (χ1) is 9.49. The second kappa shape index (κ2) is 6.57. The summed E-state index contributed by atoms with van der Waals surface area (Å²) in [4.78, 5) is 13.6. The molecule has 1 aromatic carbocycles. The maximum absolute atomic E-state index is 11.8. The normalized spacial score (nSPS) is 19.7. The average molecular weight is 297 g/mol. The number of nitrogens with zero attached hydrogens (tertiary/aromatic N) is 1. The highest BCUT2D eigenvalue weighted by Crippen LogP contribution is 2.31. The van der Waals surface area contributed by atoms with Gasteiger partial charge in [0.05, 0.1) is 12.1 Å². The average Bonchev–Trinajstić information content (AvgIpc) is 2.46. The molecule has 3 N–H and O–H groups in total. The van der Waals surface area contributed by atoms with Gasteiger partial charge in [0.1, 0.15) is 0 Å². The summed E-state index contributed by atoms with van der Waals surface area (Å²) >= 11 is 5.85. The van der Waals surface area contributed by atoms with Crippen molar-refractivity contribution in [3.05, 3.63) is 34.9 Å². The number of hydrogen-bond acceptors (Lipinski definition) is 3. The second-order valence-electron chi connectivity index (χ2n) is 5.45. The molecule has 0 spiro atoms. The zero-order valence-electron chi connectivity index (χ0n) is 11.6. The van der Waals surface area contributed by atoms with E-state index in [1.165, 1.54) is 0 Å². The molecular formula is C15H21ClN2O2. The molecule has 1 aliphatic rings. The molecule has 2 rings (SSSR count). The minimum absolute atomic E-state index is 0.00978. The predicted octanol–water partition coefficient (Wildman–Crippen LogP) is 1.96. The second-order valence-corrected chi connectivity index (χ2v) is 5.88. The summed E-state index contributed by atoms with van der Waals surface area (Å²) in [5.74, 6) is 0.165. The Morgan fingerprint density at radius 2 is 1.90 bits per heavy atom. The van der Waals surface area contributed by atoms with Crippen LogP contribution in [0.2, 0.25) is 5.02 Å². The van der Waals surface area contributed by atoms with Gasteiger partial charge in [-0.05, 0) is 43.4 Å². The van der Waals surface area contributed by atoms with Gasteiger partial charge in [0.2, 0.25) is 5.91 Å². The Bertz CT molecular complexity index is 453. The van der Waals surface area contributed by atoms with Crippen molar-refractivity contribution in [2.24, 2.45) is 11.7 Å². The molecule has 0 bridgehead atoms. The van der Waals surface area contributed by atoms with Gasteiger partial charge >= 0.3 is 0 Å². The lowest BCUT2D eigenvalue weighted by Crippen LogP contribution is -2.46. The van der Waals surface area contributed by atoms with Crippen molar-refractivity contribution in [2.75, 3.05) is 13.1 Å². The van der Waals surface area contributed by atoms with Gasteiger partial charge in [-0.1, -0.05) is 23.7 Å². The van der Waals surface area contributed by atoms with Gasteiger partial charge in [0.25, 0.3) is 0 Å². The number of aliphatic hydroxyl groups excluding tert-OH is 1. The molecule has 110 valence electrons. The summed E-state index contributed by atoms with van der Waals surface area (Å²) in [5.41, 5.74) is 6.49. The molecule has 0 aliphatic carbocycles. The number of hydrogen-bond donors (Lipinski definition) is 2. The van der Waals surface area contributed by atoms with E-state index in [2.05, 4.69) is 0 Å². The summed E-state index contributed by atoms with van der Waals surface area (Å²) in [6.45, 7) is 3.03. The van der Waals surface area contributed by atoms with Crippen LogP contribution in [0.15, 0.2) is 24.3 Å². The van der Waals surface area contributed by atoms with Gasteiger partial charge in [-0.25, -0.2) is 0 Å². The molecule has 2 atom stereocenters. The highest BCUT2D eigenvalue weighted by atomic mass is 35.5. The molecule has 1 aromatic rings. The zero-order valence-corrected chi connectivity index (χ0v) is 12.4. The standard InChI is InChI=1S/C15H21ClN2O2/c1-10(17)15(20)18-8-6-12(7-9-18)14(19)11-2-4-13(16)5-3-11/h2-5,10,12,14,19H,6-9,17H2,1H3/t10-,14?/m1/s1. The number of carbonyl (C=O) groups excluding carboxylic acids is 1. The molecule has 1 amide bonds. The molecule has 1 saturated heterocycles. The van der Waals surface area contributed by atoms with Crippen molar-refractivity contribution >= 4 is 17.5 Å². The summed E-state index contributed by atoms with van der Waals surface area (Å²) in [6, 6.07) is 6.83. The minimum Gasteiger partial charge on any atom is -0.388 e. The van der Waals surface area contributed by atoms with Gasteiger partial charge in [-0.15, -0.1) is 0 Å². The lowest BCUT2D eigenvalue weighted by atomic mass is 9.87. The summed E-state index contributed by atoms with van der Waals surface area (Å²) in [5, 5.41) is 11.1. The highest BCUT2D eigenvalue weighted by Gasteiger charge is 2.29. The molecule has 0 radical (unpaired) electrons.